The number of carbonyl (C=O) groups excluding carboxylic acids is 1. The van der Waals surface area contributed by atoms with Crippen LogP contribution in [0.1, 0.15) is 32.6 Å². The Balaban J connectivity index is 1.14. The predicted octanol–water partition coefficient (Wildman–Crippen LogP) is -12.8. The number of unbranched alkanes of at least 4 members (excludes halogenated alkanes) is 2. The van der Waals surface area contributed by atoms with Crippen LogP contribution in [0.4, 0.5) is 0 Å². The van der Waals surface area contributed by atoms with E-state index in [1.165, 1.54) is 6.92 Å². The van der Waals surface area contributed by atoms with E-state index in [-0.39, 0.29) is 6.61 Å². The molecule has 0 aromatic rings. The molecule has 6 aliphatic heterocycles. The monoisotopic (exact) mass is 1170 g/mol. The van der Waals surface area contributed by atoms with Crippen molar-refractivity contribution < 1.29 is 159 Å². The van der Waals surface area contributed by atoms with Gasteiger partial charge in [0.15, 0.2) is 37.7 Å². The third-order valence-electron chi connectivity index (χ3n) is 14.9. The van der Waals surface area contributed by atoms with Crippen LogP contribution in [-0.2, 0) is 61.6 Å². The Bertz CT molecular complexity index is 1820. The fourth-order valence-electron chi connectivity index (χ4n) is 10.3. The van der Waals surface area contributed by atoms with Crippen molar-refractivity contribution in [2.45, 2.75) is 217 Å². The summed E-state index contributed by atoms with van der Waals surface area (Å²) in [5, 5.41) is 206. The van der Waals surface area contributed by atoms with Gasteiger partial charge in [-0.2, -0.15) is 0 Å². The number of hydrogen-bond donors (Lipinski definition) is 21. The van der Waals surface area contributed by atoms with Gasteiger partial charge < -0.3 is 165 Å². The maximum atomic E-state index is 12.1. The average molecular weight is 1180 g/mol. The maximum Gasteiger partial charge on any atom is 0.246 e. The van der Waals surface area contributed by atoms with Crippen molar-refractivity contribution in [1.82, 2.24) is 5.32 Å². The molecule has 80 heavy (non-hydrogen) atoms. The van der Waals surface area contributed by atoms with Crippen molar-refractivity contribution in [2.75, 3.05) is 59.4 Å². The predicted molar refractivity (Wildman–Crippen MR) is 253 cm³/mol. The standard InChI is InChI=1S/C46H82N2O32/c1-15-36(77-45-34(67)40(28(61)19(10-51)71-45)76-24-7-16(56)25(48-23(58)14-55)39(75-24)26(59)17(57)8-49)27(60)18(9-50)70-42(15)80-41-29(62)20(11-52)72-46(35(41)68)79-38-22(13-54)74-44(33(66)31(38)64)78-37-21(12-53)73-43(32(65)30(37)63)69-6-4-2-3-5-47/h15-22,24-46,49-57,59-68H,2-14,47H2,1H3,(H,48,58)/t15?,16-,17-,18?,19?,20?,21?,22?,24-,25-,26-,27+,28+,29+,30-,31-,32?,33?,34?,35?,36-,37-,38+,39?,40+,41+,42+,43-,44+,45+,46-/m1/s1. The largest absolute Gasteiger partial charge is 0.394 e. The van der Waals surface area contributed by atoms with Crippen LogP contribution in [0.25, 0.3) is 0 Å². The van der Waals surface area contributed by atoms with Crippen LogP contribution < -0.4 is 11.1 Å². The highest BCUT2D eigenvalue weighted by atomic mass is 16.8. The summed E-state index contributed by atoms with van der Waals surface area (Å²) in [6.45, 7) is -4.76. The van der Waals surface area contributed by atoms with Gasteiger partial charge in [0.25, 0.3) is 0 Å². The van der Waals surface area contributed by atoms with E-state index in [2.05, 4.69) is 5.32 Å². The number of amides is 1. The zero-order valence-electron chi connectivity index (χ0n) is 43.5. The molecule has 0 spiro atoms. The number of nitrogens with two attached hydrogens (primary N) is 1. The lowest BCUT2D eigenvalue weighted by atomic mass is 9.91. The summed E-state index contributed by atoms with van der Waals surface area (Å²) >= 11 is 0. The Labute approximate surface area is 457 Å². The summed E-state index contributed by atoms with van der Waals surface area (Å²) in [4.78, 5) is 12.1. The molecule has 6 heterocycles. The van der Waals surface area contributed by atoms with Crippen molar-refractivity contribution in [3.63, 3.8) is 0 Å². The number of aliphatic hydroxyl groups excluding tert-OH is 19. The number of hydrogen-bond acceptors (Lipinski definition) is 33. The van der Waals surface area contributed by atoms with Gasteiger partial charge in [-0.25, -0.2) is 0 Å². The van der Waals surface area contributed by atoms with Crippen LogP contribution in [0.2, 0.25) is 0 Å². The summed E-state index contributed by atoms with van der Waals surface area (Å²) in [6.07, 6.45) is -50.8. The third kappa shape index (κ3) is 15.4. The summed E-state index contributed by atoms with van der Waals surface area (Å²) in [5.41, 5.74) is 5.51. The molecule has 6 saturated heterocycles. The summed E-state index contributed by atoms with van der Waals surface area (Å²) in [5.74, 6) is -2.29. The fraction of sp³-hybridized carbons (Fsp3) is 0.978. The van der Waals surface area contributed by atoms with Gasteiger partial charge >= 0.3 is 0 Å². The first-order chi connectivity index (χ1) is 38.1. The highest BCUT2D eigenvalue weighted by Gasteiger charge is 2.57. The second-order valence-electron chi connectivity index (χ2n) is 20.5. The first-order valence-corrected chi connectivity index (χ1v) is 26.4. The summed E-state index contributed by atoms with van der Waals surface area (Å²) < 4.78 is 69.4. The van der Waals surface area contributed by atoms with Gasteiger partial charge in [0.05, 0.1) is 57.9 Å². The number of ether oxygens (including phenoxy) is 12. The van der Waals surface area contributed by atoms with Crippen LogP contribution in [0.3, 0.4) is 0 Å². The molecule has 34 nitrogen and oxygen atoms in total. The summed E-state index contributed by atoms with van der Waals surface area (Å²) in [7, 11) is 0. The SMILES string of the molecule is CC1[C@H](O[C@@H]2C(O)[C@@H](O[C@H]3C(CO)O[C@@H](O[C@@H]4C(CO)O[C@@H](OCCCCCN)C(O)[C@H]4O)C(O)[C@H]3O)OC(CO)[C@@H]2O)OC(CO)[C@H](O)[C@@H]1O[C@@H]1OC(CO)[C@H](O)[C@H](O[C@@H]2C[C@@H](O)[C@@H](NC(=O)CO)C([C@H](O)[C@H](O)CO)O2)C1O. The molecule has 6 fully saturated rings. The Morgan fingerprint density at radius 3 is 1.45 bits per heavy atom. The molecule has 31 atom stereocenters. The van der Waals surface area contributed by atoms with Crippen LogP contribution in [-0.4, -0.2) is 347 Å². The van der Waals surface area contributed by atoms with Gasteiger partial charge in [-0.15, -0.1) is 0 Å². The van der Waals surface area contributed by atoms with Crippen molar-refractivity contribution in [2.24, 2.45) is 11.7 Å². The first kappa shape index (κ1) is 67.3. The van der Waals surface area contributed by atoms with E-state index >= 15 is 0 Å². The van der Waals surface area contributed by atoms with Crippen LogP contribution in [0.15, 0.2) is 0 Å². The minimum absolute atomic E-state index is 0.114. The lowest BCUT2D eigenvalue weighted by Crippen LogP contribution is -2.67. The Kier molecular flexibility index (Phi) is 26.1. The molecular formula is C46H82N2O32. The van der Waals surface area contributed by atoms with E-state index < -0.39 is 249 Å². The molecule has 11 unspecified atom stereocenters. The molecule has 0 aromatic heterocycles. The van der Waals surface area contributed by atoms with Crippen molar-refractivity contribution in [3.05, 3.63) is 0 Å². The molecule has 0 aliphatic carbocycles. The van der Waals surface area contributed by atoms with Crippen molar-refractivity contribution >= 4 is 5.91 Å². The fourth-order valence-corrected chi connectivity index (χ4v) is 10.3. The quantitative estimate of drug-likeness (QED) is 0.0358. The summed E-state index contributed by atoms with van der Waals surface area (Å²) in [6, 6.07) is -1.50. The molecule has 0 aromatic carbocycles. The van der Waals surface area contributed by atoms with Crippen molar-refractivity contribution in [1.29, 1.82) is 0 Å². The highest BCUT2D eigenvalue weighted by molar-refractivity contribution is 5.77. The van der Waals surface area contributed by atoms with Gasteiger partial charge in [0, 0.05) is 18.9 Å². The molecule has 0 radical (unpaired) electrons. The zero-order valence-corrected chi connectivity index (χ0v) is 43.5. The van der Waals surface area contributed by atoms with E-state index in [4.69, 9.17) is 62.6 Å². The second-order valence-corrected chi connectivity index (χ2v) is 20.5. The first-order valence-electron chi connectivity index (χ1n) is 26.4. The average Bonchev–Trinajstić information content (AvgIpc) is 3.46. The minimum Gasteiger partial charge on any atom is -0.394 e. The van der Waals surface area contributed by atoms with Gasteiger partial charge in [-0.05, 0) is 25.8 Å². The van der Waals surface area contributed by atoms with Crippen LogP contribution >= 0.6 is 0 Å². The van der Waals surface area contributed by atoms with Gasteiger partial charge in [0.1, 0.15) is 135 Å². The topological polar surface area (TPSA) is 550 Å². The number of aliphatic hydroxyl groups is 19. The molecule has 1 amide bonds. The van der Waals surface area contributed by atoms with Crippen molar-refractivity contribution in [3.8, 4) is 0 Å². The van der Waals surface area contributed by atoms with E-state index in [1.807, 2.05) is 0 Å². The van der Waals surface area contributed by atoms with E-state index in [0.29, 0.717) is 19.4 Å². The lowest BCUT2D eigenvalue weighted by Gasteiger charge is -2.50. The smallest absolute Gasteiger partial charge is 0.246 e. The number of carbonyl (C=O) groups is 1. The Hall–Kier alpha value is -1.81. The molecule has 6 aliphatic rings. The van der Waals surface area contributed by atoms with Crippen LogP contribution in [0.5, 0.6) is 0 Å². The highest BCUT2D eigenvalue weighted by Crippen LogP contribution is 2.38. The lowest BCUT2D eigenvalue weighted by molar-refractivity contribution is -0.393. The molecule has 468 valence electrons. The van der Waals surface area contributed by atoms with Gasteiger partial charge in [0.2, 0.25) is 5.91 Å². The Morgan fingerprint density at radius 2 is 0.950 bits per heavy atom. The third-order valence-corrected chi connectivity index (χ3v) is 14.9. The number of rotatable bonds is 26. The van der Waals surface area contributed by atoms with E-state index in [9.17, 15) is 102 Å². The number of nitrogens with one attached hydrogen (secondary N) is 1. The minimum atomic E-state index is -2.13. The second kappa shape index (κ2) is 31.0. The molecule has 0 bridgehead atoms. The Morgan fingerprint density at radius 1 is 0.512 bits per heavy atom. The van der Waals surface area contributed by atoms with E-state index in [1.54, 1.807) is 0 Å². The normalized spacial score (nSPS) is 46.4. The molecule has 22 N–H and O–H groups in total. The molecule has 6 rings (SSSR count). The van der Waals surface area contributed by atoms with Gasteiger partial charge in [-0.3, -0.25) is 4.79 Å². The molecule has 0 saturated carbocycles. The van der Waals surface area contributed by atoms with E-state index in [0.717, 1.165) is 6.42 Å². The molecule has 34 heteroatoms. The maximum absolute atomic E-state index is 12.1. The van der Waals surface area contributed by atoms with Gasteiger partial charge in [-0.1, -0.05) is 6.92 Å². The molecular weight excluding hydrogens is 1090 g/mol. The van der Waals surface area contributed by atoms with Crippen LogP contribution in [0, 0.1) is 5.92 Å². The zero-order chi connectivity index (χ0) is 58.9.